The Bertz CT molecular complexity index is 552. The highest BCUT2D eigenvalue weighted by Crippen LogP contribution is 2.18. The number of aromatic nitrogens is 3. The zero-order valence-corrected chi connectivity index (χ0v) is 11.5. The smallest absolute Gasteiger partial charge is 0.195 e. The number of hydrogen-bond donors (Lipinski definition) is 1. The molecular formula is C12H17N5OS. The summed E-state index contributed by atoms with van der Waals surface area (Å²) in [5.74, 6) is 0.996. The van der Waals surface area contributed by atoms with Gasteiger partial charge in [-0.2, -0.15) is 0 Å². The van der Waals surface area contributed by atoms with E-state index in [-0.39, 0.29) is 0 Å². The van der Waals surface area contributed by atoms with Crippen LogP contribution in [0.5, 0.6) is 0 Å². The fourth-order valence-corrected chi connectivity index (χ4v) is 2.99. The van der Waals surface area contributed by atoms with Crippen molar-refractivity contribution in [3.8, 4) is 0 Å². The average Bonchev–Trinajstić information content (AvgIpc) is 2.83. The Morgan fingerprint density at radius 2 is 2.11 bits per heavy atom. The standard InChI is InChI=1S/C12H17N5OS/c13-10-1-2-11-14-15-12(17(11)9-10)19-8-5-16-3-6-18-7-4-16/h1-2,9H,3-8,13H2. The second-order valence-corrected chi connectivity index (χ2v) is 5.54. The first-order valence-electron chi connectivity index (χ1n) is 6.36. The van der Waals surface area contributed by atoms with Gasteiger partial charge in [-0.25, -0.2) is 0 Å². The number of anilines is 1. The molecule has 0 atom stereocenters. The molecule has 7 heteroatoms. The highest BCUT2D eigenvalue weighted by molar-refractivity contribution is 7.99. The third kappa shape index (κ3) is 2.99. The van der Waals surface area contributed by atoms with Crippen molar-refractivity contribution in [2.24, 2.45) is 0 Å². The van der Waals surface area contributed by atoms with Gasteiger partial charge in [-0.15, -0.1) is 10.2 Å². The van der Waals surface area contributed by atoms with Crippen molar-refractivity contribution in [1.82, 2.24) is 19.5 Å². The fourth-order valence-electron chi connectivity index (χ4n) is 2.08. The molecule has 19 heavy (non-hydrogen) atoms. The molecule has 3 heterocycles. The van der Waals surface area contributed by atoms with Crippen LogP contribution in [0.4, 0.5) is 5.69 Å². The quantitative estimate of drug-likeness (QED) is 0.832. The summed E-state index contributed by atoms with van der Waals surface area (Å²) >= 11 is 1.71. The van der Waals surface area contributed by atoms with Gasteiger partial charge in [0, 0.05) is 37.3 Å². The van der Waals surface area contributed by atoms with Crippen LogP contribution in [0.1, 0.15) is 0 Å². The first-order valence-corrected chi connectivity index (χ1v) is 7.35. The van der Waals surface area contributed by atoms with E-state index in [2.05, 4.69) is 15.1 Å². The highest BCUT2D eigenvalue weighted by Gasteiger charge is 2.11. The van der Waals surface area contributed by atoms with E-state index >= 15 is 0 Å². The fraction of sp³-hybridized carbons (Fsp3) is 0.500. The molecule has 2 aromatic rings. The summed E-state index contributed by atoms with van der Waals surface area (Å²) in [5.41, 5.74) is 7.35. The van der Waals surface area contributed by atoms with Crippen molar-refractivity contribution in [3.05, 3.63) is 18.3 Å². The number of nitrogens with zero attached hydrogens (tertiary/aromatic N) is 4. The summed E-state index contributed by atoms with van der Waals surface area (Å²) in [6.07, 6.45) is 1.87. The number of nitrogen functional groups attached to an aromatic ring is 1. The predicted octanol–water partition coefficient (Wildman–Crippen LogP) is 0.736. The lowest BCUT2D eigenvalue weighted by molar-refractivity contribution is 0.0410. The first-order chi connectivity index (χ1) is 9.33. The molecule has 1 fully saturated rings. The summed E-state index contributed by atoms with van der Waals surface area (Å²) in [4.78, 5) is 2.41. The molecule has 0 aromatic carbocycles. The van der Waals surface area contributed by atoms with Crippen molar-refractivity contribution >= 4 is 23.1 Å². The molecule has 0 radical (unpaired) electrons. The van der Waals surface area contributed by atoms with Crippen molar-refractivity contribution < 1.29 is 4.74 Å². The van der Waals surface area contributed by atoms with Crippen LogP contribution in [-0.4, -0.2) is 58.1 Å². The number of thioether (sulfide) groups is 1. The van der Waals surface area contributed by atoms with Gasteiger partial charge in [-0.3, -0.25) is 9.30 Å². The Morgan fingerprint density at radius 3 is 2.95 bits per heavy atom. The molecular weight excluding hydrogens is 262 g/mol. The highest BCUT2D eigenvalue weighted by atomic mass is 32.2. The van der Waals surface area contributed by atoms with E-state index in [4.69, 9.17) is 10.5 Å². The minimum atomic E-state index is 0.724. The number of rotatable bonds is 4. The molecule has 0 spiro atoms. The van der Waals surface area contributed by atoms with Gasteiger partial charge >= 0.3 is 0 Å². The molecule has 0 saturated carbocycles. The minimum Gasteiger partial charge on any atom is -0.398 e. The second kappa shape index (κ2) is 5.77. The average molecular weight is 279 g/mol. The van der Waals surface area contributed by atoms with Gasteiger partial charge in [0.25, 0.3) is 0 Å². The van der Waals surface area contributed by atoms with Gasteiger partial charge in [0.05, 0.1) is 13.2 Å². The lowest BCUT2D eigenvalue weighted by atomic mass is 10.4. The summed E-state index contributed by atoms with van der Waals surface area (Å²) in [6.45, 7) is 4.78. The van der Waals surface area contributed by atoms with Crippen LogP contribution in [0.15, 0.2) is 23.5 Å². The van der Waals surface area contributed by atoms with Gasteiger partial charge in [-0.1, -0.05) is 11.8 Å². The molecule has 2 N–H and O–H groups in total. The maximum Gasteiger partial charge on any atom is 0.195 e. The summed E-state index contributed by atoms with van der Waals surface area (Å²) < 4.78 is 7.28. The Morgan fingerprint density at radius 1 is 1.26 bits per heavy atom. The Labute approximate surface area is 115 Å². The van der Waals surface area contributed by atoms with Crippen molar-refractivity contribution in [2.75, 3.05) is 44.3 Å². The van der Waals surface area contributed by atoms with Gasteiger partial charge in [0.2, 0.25) is 0 Å². The van der Waals surface area contributed by atoms with Crippen molar-refractivity contribution in [2.45, 2.75) is 5.16 Å². The molecule has 1 aliphatic rings. The van der Waals surface area contributed by atoms with Crippen LogP contribution < -0.4 is 5.73 Å². The van der Waals surface area contributed by atoms with Crippen molar-refractivity contribution in [1.29, 1.82) is 0 Å². The molecule has 0 amide bonds. The monoisotopic (exact) mass is 279 g/mol. The molecule has 102 valence electrons. The molecule has 2 aromatic heterocycles. The third-order valence-corrected chi connectivity index (χ3v) is 4.06. The second-order valence-electron chi connectivity index (χ2n) is 4.48. The Balaban J connectivity index is 1.60. The first kappa shape index (κ1) is 12.7. The molecule has 3 rings (SSSR count). The van der Waals surface area contributed by atoms with E-state index in [1.807, 2.05) is 22.7 Å². The van der Waals surface area contributed by atoms with E-state index < -0.39 is 0 Å². The Hall–Kier alpha value is -1.31. The van der Waals surface area contributed by atoms with Crippen LogP contribution >= 0.6 is 11.8 Å². The molecule has 0 unspecified atom stereocenters. The number of hydrogen-bond acceptors (Lipinski definition) is 6. The van der Waals surface area contributed by atoms with E-state index in [1.54, 1.807) is 11.8 Å². The van der Waals surface area contributed by atoms with E-state index in [1.165, 1.54) is 0 Å². The SMILES string of the molecule is Nc1ccc2nnc(SCCN3CCOCC3)n2c1. The lowest BCUT2D eigenvalue weighted by Gasteiger charge is -2.26. The van der Waals surface area contributed by atoms with Gasteiger partial charge in [-0.05, 0) is 12.1 Å². The van der Waals surface area contributed by atoms with Gasteiger partial charge in [0.1, 0.15) is 0 Å². The Kier molecular flexibility index (Phi) is 3.86. The van der Waals surface area contributed by atoms with E-state index in [0.29, 0.717) is 0 Å². The molecule has 1 saturated heterocycles. The minimum absolute atomic E-state index is 0.724. The molecule has 0 bridgehead atoms. The van der Waals surface area contributed by atoms with Crippen LogP contribution in [-0.2, 0) is 4.74 Å². The van der Waals surface area contributed by atoms with Gasteiger partial charge < -0.3 is 10.5 Å². The zero-order chi connectivity index (χ0) is 13.1. The summed E-state index contributed by atoms with van der Waals surface area (Å²) in [5, 5.41) is 9.22. The molecule has 0 aliphatic carbocycles. The third-order valence-electron chi connectivity index (χ3n) is 3.14. The predicted molar refractivity (Wildman–Crippen MR) is 75.4 cm³/mol. The maximum absolute atomic E-state index is 5.79. The van der Waals surface area contributed by atoms with Gasteiger partial charge in [0.15, 0.2) is 10.8 Å². The number of pyridine rings is 1. The number of ether oxygens (including phenoxy) is 1. The lowest BCUT2D eigenvalue weighted by Crippen LogP contribution is -2.37. The van der Waals surface area contributed by atoms with E-state index in [9.17, 15) is 0 Å². The number of nitrogens with two attached hydrogens (primary N) is 1. The van der Waals surface area contributed by atoms with Crippen LogP contribution in [0.25, 0.3) is 5.65 Å². The maximum atomic E-state index is 5.79. The molecule has 6 nitrogen and oxygen atoms in total. The summed E-state index contributed by atoms with van der Waals surface area (Å²) in [6, 6.07) is 3.72. The van der Waals surface area contributed by atoms with Crippen LogP contribution in [0.3, 0.4) is 0 Å². The van der Waals surface area contributed by atoms with Crippen molar-refractivity contribution in [3.63, 3.8) is 0 Å². The van der Waals surface area contributed by atoms with Crippen LogP contribution in [0, 0.1) is 0 Å². The van der Waals surface area contributed by atoms with E-state index in [0.717, 1.165) is 55.1 Å². The number of morpholine rings is 1. The van der Waals surface area contributed by atoms with Crippen LogP contribution in [0.2, 0.25) is 0 Å². The molecule has 1 aliphatic heterocycles. The summed E-state index contributed by atoms with van der Waals surface area (Å²) in [7, 11) is 0. The largest absolute Gasteiger partial charge is 0.398 e. The number of fused-ring (bicyclic) bond motifs is 1. The topological polar surface area (TPSA) is 68.7 Å². The zero-order valence-electron chi connectivity index (χ0n) is 10.7. The normalized spacial score (nSPS) is 17.1.